The van der Waals surface area contributed by atoms with Gasteiger partial charge in [-0.25, -0.2) is 4.98 Å². The van der Waals surface area contributed by atoms with Crippen molar-refractivity contribution >= 4 is 50.7 Å². The Bertz CT molecular complexity index is 773. The zero-order chi connectivity index (χ0) is 16.2. The third kappa shape index (κ3) is 4.43. The Morgan fingerprint density at radius 1 is 0.913 bits per heavy atom. The van der Waals surface area contributed by atoms with E-state index in [-0.39, 0.29) is 0 Å². The molecule has 1 aromatic heterocycles. The molecule has 0 spiro atoms. The van der Waals surface area contributed by atoms with Gasteiger partial charge in [0.25, 0.3) is 0 Å². The average Bonchev–Trinajstić information content (AvgIpc) is 2.46. The molecule has 2 N–H and O–H groups in total. The van der Waals surface area contributed by atoms with Gasteiger partial charge >= 0.3 is 0 Å². The molecule has 0 bridgehead atoms. The summed E-state index contributed by atoms with van der Waals surface area (Å²) in [6.07, 6.45) is 0. The number of anilines is 4. The first kappa shape index (κ1) is 15.8. The van der Waals surface area contributed by atoms with E-state index in [1.807, 2.05) is 61.5 Å². The van der Waals surface area contributed by atoms with Crippen LogP contribution < -0.4 is 10.6 Å². The molecule has 0 aliphatic rings. The molecule has 0 saturated carbocycles. The fraction of sp³-hybridized carbons (Fsp3) is 0.0588. The molecule has 23 heavy (non-hydrogen) atoms. The second-order valence-electron chi connectivity index (χ2n) is 4.99. The molecule has 1 heterocycles. The van der Waals surface area contributed by atoms with Crippen LogP contribution >= 0.6 is 27.5 Å². The molecule has 4 nitrogen and oxygen atoms in total. The fourth-order valence-corrected chi connectivity index (χ4v) is 2.69. The van der Waals surface area contributed by atoms with Gasteiger partial charge in [0.15, 0.2) is 0 Å². The average molecular weight is 390 g/mol. The second kappa shape index (κ2) is 6.98. The lowest BCUT2D eigenvalue weighted by Crippen LogP contribution is -2.02. The molecule has 3 aromatic rings. The molecule has 0 radical (unpaired) electrons. The highest BCUT2D eigenvalue weighted by Crippen LogP contribution is 2.22. The van der Waals surface area contributed by atoms with Crippen LogP contribution in [0.1, 0.15) is 5.69 Å². The summed E-state index contributed by atoms with van der Waals surface area (Å²) in [6, 6.07) is 17.2. The van der Waals surface area contributed by atoms with Crippen molar-refractivity contribution in [1.29, 1.82) is 0 Å². The van der Waals surface area contributed by atoms with Gasteiger partial charge in [0.2, 0.25) is 5.95 Å². The molecule has 0 fully saturated rings. The van der Waals surface area contributed by atoms with Crippen molar-refractivity contribution in [1.82, 2.24) is 9.97 Å². The van der Waals surface area contributed by atoms with Gasteiger partial charge in [0, 0.05) is 32.6 Å². The van der Waals surface area contributed by atoms with E-state index in [1.54, 1.807) is 0 Å². The third-order valence-electron chi connectivity index (χ3n) is 3.03. The Labute approximate surface area is 148 Å². The number of hydrogen-bond donors (Lipinski definition) is 2. The van der Waals surface area contributed by atoms with Crippen molar-refractivity contribution in [3.05, 3.63) is 69.8 Å². The summed E-state index contributed by atoms with van der Waals surface area (Å²) in [4.78, 5) is 8.90. The number of benzene rings is 2. The van der Waals surface area contributed by atoms with Gasteiger partial charge in [-0.1, -0.05) is 39.7 Å². The maximum Gasteiger partial charge on any atom is 0.229 e. The zero-order valence-corrected chi connectivity index (χ0v) is 14.7. The van der Waals surface area contributed by atoms with E-state index < -0.39 is 0 Å². The van der Waals surface area contributed by atoms with Crippen molar-refractivity contribution < 1.29 is 0 Å². The molecule has 0 unspecified atom stereocenters. The van der Waals surface area contributed by atoms with Crippen molar-refractivity contribution in [3.63, 3.8) is 0 Å². The van der Waals surface area contributed by atoms with Crippen LogP contribution in [0.4, 0.5) is 23.1 Å². The SMILES string of the molecule is Cc1cc(Nc2cccc(Br)c2)nc(Nc2cccc(Cl)c2)n1. The predicted molar refractivity (Wildman–Crippen MR) is 98.9 cm³/mol. The summed E-state index contributed by atoms with van der Waals surface area (Å²) in [5, 5.41) is 7.11. The Morgan fingerprint density at radius 3 is 2.39 bits per heavy atom. The van der Waals surface area contributed by atoms with Gasteiger partial charge in [-0.05, 0) is 43.3 Å². The van der Waals surface area contributed by atoms with Gasteiger partial charge in [0.1, 0.15) is 5.82 Å². The maximum absolute atomic E-state index is 6.00. The van der Waals surface area contributed by atoms with Crippen LogP contribution in [0.3, 0.4) is 0 Å². The van der Waals surface area contributed by atoms with Gasteiger partial charge in [-0.2, -0.15) is 4.98 Å². The predicted octanol–water partition coefficient (Wildman–Crippen LogP) is 5.69. The molecule has 0 amide bonds. The number of nitrogens with zero attached hydrogens (tertiary/aromatic N) is 2. The summed E-state index contributed by atoms with van der Waals surface area (Å²) >= 11 is 9.46. The van der Waals surface area contributed by atoms with Crippen LogP contribution in [-0.4, -0.2) is 9.97 Å². The van der Waals surface area contributed by atoms with Crippen LogP contribution in [0.5, 0.6) is 0 Å². The molecule has 3 rings (SSSR count). The van der Waals surface area contributed by atoms with E-state index in [9.17, 15) is 0 Å². The monoisotopic (exact) mass is 388 g/mol. The standard InChI is InChI=1S/C17H14BrClN4/c1-11-8-16(21-14-6-2-4-12(18)9-14)23-17(20-11)22-15-7-3-5-13(19)10-15/h2-10H,1H3,(H2,20,21,22,23). The molecule has 0 aliphatic heterocycles. The zero-order valence-electron chi connectivity index (χ0n) is 12.3. The highest BCUT2D eigenvalue weighted by Gasteiger charge is 2.04. The number of nitrogens with one attached hydrogen (secondary N) is 2. The normalized spacial score (nSPS) is 10.4. The number of halogens is 2. The summed E-state index contributed by atoms with van der Waals surface area (Å²) in [5.41, 5.74) is 2.66. The first-order valence-electron chi connectivity index (χ1n) is 6.99. The number of rotatable bonds is 4. The fourth-order valence-electron chi connectivity index (χ4n) is 2.10. The first-order valence-corrected chi connectivity index (χ1v) is 8.16. The highest BCUT2D eigenvalue weighted by molar-refractivity contribution is 9.10. The Hall–Kier alpha value is -2.11. The van der Waals surface area contributed by atoms with E-state index in [1.165, 1.54) is 0 Å². The molecular weight excluding hydrogens is 376 g/mol. The Balaban J connectivity index is 1.84. The molecular formula is C17H14BrClN4. The lowest BCUT2D eigenvalue weighted by molar-refractivity contribution is 1.11. The van der Waals surface area contributed by atoms with Crippen molar-refractivity contribution in [2.75, 3.05) is 10.6 Å². The van der Waals surface area contributed by atoms with Crippen molar-refractivity contribution in [3.8, 4) is 0 Å². The van der Waals surface area contributed by atoms with Crippen LogP contribution in [0.2, 0.25) is 5.02 Å². The third-order valence-corrected chi connectivity index (χ3v) is 3.76. The lowest BCUT2D eigenvalue weighted by atomic mass is 10.3. The number of hydrogen-bond acceptors (Lipinski definition) is 4. The van der Waals surface area contributed by atoms with Gasteiger partial charge in [-0.3, -0.25) is 0 Å². The molecule has 0 saturated heterocycles. The highest BCUT2D eigenvalue weighted by atomic mass is 79.9. The molecule has 0 atom stereocenters. The largest absolute Gasteiger partial charge is 0.340 e. The van der Waals surface area contributed by atoms with E-state index in [0.717, 1.165) is 27.4 Å². The van der Waals surface area contributed by atoms with Crippen LogP contribution in [0.15, 0.2) is 59.1 Å². The smallest absolute Gasteiger partial charge is 0.229 e. The van der Waals surface area contributed by atoms with E-state index in [2.05, 4.69) is 36.5 Å². The molecule has 6 heteroatoms. The molecule has 2 aromatic carbocycles. The summed E-state index contributed by atoms with van der Waals surface area (Å²) < 4.78 is 1.01. The summed E-state index contributed by atoms with van der Waals surface area (Å²) in [7, 11) is 0. The van der Waals surface area contributed by atoms with E-state index in [4.69, 9.17) is 11.6 Å². The minimum absolute atomic E-state index is 0.518. The minimum Gasteiger partial charge on any atom is -0.340 e. The molecule has 0 aliphatic carbocycles. The second-order valence-corrected chi connectivity index (χ2v) is 6.34. The van der Waals surface area contributed by atoms with Gasteiger partial charge in [0.05, 0.1) is 0 Å². The van der Waals surface area contributed by atoms with Gasteiger partial charge < -0.3 is 10.6 Å². The first-order chi connectivity index (χ1) is 11.1. The topological polar surface area (TPSA) is 49.8 Å². The van der Waals surface area contributed by atoms with Crippen LogP contribution in [-0.2, 0) is 0 Å². The van der Waals surface area contributed by atoms with Crippen LogP contribution in [0.25, 0.3) is 0 Å². The van der Waals surface area contributed by atoms with E-state index in [0.29, 0.717) is 11.0 Å². The van der Waals surface area contributed by atoms with E-state index >= 15 is 0 Å². The quantitative estimate of drug-likeness (QED) is 0.602. The van der Waals surface area contributed by atoms with Crippen molar-refractivity contribution in [2.45, 2.75) is 6.92 Å². The Kier molecular flexibility index (Phi) is 4.79. The van der Waals surface area contributed by atoms with Crippen molar-refractivity contribution in [2.24, 2.45) is 0 Å². The number of aryl methyl sites for hydroxylation is 1. The van der Waals surface area contributed by atoms with Gasteiger partial charge in [-0.15, -0.1) is 0 Å². The Morgan fingerprint density at radius 2 is 1.65 bits per heavy atom. The summed E-state index contributed by atoms with van der Waals surface area (Å²) in [5.74, 6) is 1.24. The summed E-state index contributed by atoms with van der Waals surface area (Å²) in [6.45, 7) is 1.93. The lowest BCUT2D eigenvalue weighted by Gasteiger charge is -2.10. The molecule has 116 valence electrons. The minimum atomic E-state index is 0.518. The maximum atomic E-state index is 6.00. The number of aromatic nitrogens is 2. The van der Waals surface area contributed by atoms with Crippen LogP contribution in [0, 0.1) is 6.92 Å².